The van der Waals surface area contributed by atoms with Gasteiger partial charge < -0.3 is 9.47 Å². The molecule has 4 heteroatoms. The number of hydrogen-bond acceptors (Lipinski definition) is 3. The van der Waals surface area contributed by atoms with Crippen LogP contribution in [0.2, 0.25) is 5.02 Å². The second kappa shape index (κ2) is 6.95. The van der Waals surface area contributed by atoms with Crippen LogP contribution in [-0.2, 0) is 18.0 Å². The van der Waals surface area contributed by atoms with E-state index < -0.39 is 0 Å². The molecular weight excluding hydrogens is 274 g/mol. The van der Waals surface area contributed by atoms with Gasteiger partial charge >= 0.3 is 0 Å². The Morgan fingerprint density at radius 1 is 1.15 bits per heavy atom. The number of nitrogens with zero attached hydrogens (tertiary/aromatic N) is 1. The lowest BCUT2D eigenvalue weighted by Gasteiger charge is -2.10. The lowest BCUT2D eigenvalue weighted by molar-refractivity contribution is 0.105. The van der Waals surface area contributed by atoms with Gasteiger partial charge in [0.25, 0.3) is 0 Å². The van der Waals surface area contributed by atoms with Crippen molar-refractivity contribution in [1.29, 1.82) is 5.26 Å². The molecule has 0 aliphatic heterocycles. The average Bonchev–Trinajstić information content (AvgIpc) is 2.47. The maximum absolute atomic E-state index is 8.91. The number of ether oxygens (including phenoxy) is 2. The SMILES string of the molecule is COc1ccc(C#N)cc1COCc1cccc(Cl)c1. The summed E-state index contributed by atoms with van der Waals surface area (Å²) in [5, 5.41) is 9.60. The van der Waals surface area contributed by atoms with Gasteiger partial charge in [0.1, 0.15) is 5.75 Å². The Morgan fingerprint density at radius 2 is 2.00 bits per heavy atom. The van der Waals surface area contributed by atoms with Crippen LogP contribution in [0.1, 0.15) is 16.7 Å². The molecule has 0 fully saturated rings. The molecule has 0 aliphatic carbocycles. The van der Waals surface area contributed by atoms with Crippen LogP contribution in [-0.4, -0.2) is 7.11 Å². The smallest absolute Gasteiger partial charge is 0.124 e. The standard InChI is InChI=1S/C16H14ClNO2/c1-19-16-6-5-12(9-18)7-14(16)11-20-10-13-3-2-4-15(17)8-13/h2-8H,10-11H2,1H3. The van der Waals surface area contributed by atoms with Gasteiger partial charge in [0.05, 0.1) is 32.0 Å². The summed E-state index contributed by atoms with van der Waals surface area (Å²) in [4.78, 5) is 0. The van der Waals surface area contributed by atoms with Crippen LogP contribution < -0.4 is 4.74 Å². The first kappa shape index (κ1) is 14.4. The van der Waals surface area contributed by atoms with E-state index in [1.165, 1.54) is 0 Å². The quantitative estimate of drug-likeness (QED) is 0.836. The number of nitriles is 1. The lowest BCUT2D eigenvalue weighted by Crippen LogP contribution is -1.98. The minimum atomic E-state index is 0.380. The van der Waals surface area contributed by atoms with Crippen molar-refractivity contribution in [1.82, 2.24) is 0 Å². The topological polar surface area (TPSA) is 42.2 Å². The van der Waals surface area contributed by atoms with Crippen molar-refractivity contribution in [3.63, 3.8) is 0 Å². The van der Waals surface area contributed by atoms with Gasteiger partial charge in [-0.15, -0.1) is 0 Å². The minimum absolute atomic E-state index is 0.380. The summed E-state index contributed by atoms with van der Waals surface area (Å²) >= 11 is 5.92. The third-order valence-corrected chi connectivity index (χ3v) is 3.06. The molecule has 0 aromatic heterocycles. The Hall–Kier alpha value is -2.02. The maximum Gasteiger partial charge on any atom is 0.124 e. The third kappa shape index (κ3) is 3.74. The maximum atomic E-state index is 8.91. The van der Waals surface area contributed by atoms with Crippen LogP contribution in [0.15, 0.2) is 42.5 Å². The molecule has 0 bridgehead atoms. The Labute approximate surface area is 123 Å². The molecule has 2 aromatic carbocycles. The first-order valence-corrected chi connectivity index (χ1v) is 6.50. The Morgan fingerprint density at radius 3 is 2.70 bits per heavy atom. The van der Waals surface area contributed by atoms with E-state index >= 15 is 0 Å². The Kier molecular flexibility index (Phi) is 5.00. The normalized spacial score (nSPS) is 10.1. The molecule has 20 heavy (non-hydrogen) atoms. The van der Waals surface area contributed by atoms with Crippen molar-refractivity contribution in [2.75, 3.05) is 7.11 Å². The second-order valence-electron chi connectivity index (χ2n) is 4.26. The molecule has 2 aromatic rings. The zero-order chi connectivity index (χ0) is 14.4. The highest BCUT2D eigenvalue weighted by atomic mass is 35.5. The average molecular weight is 288 g/mol. The molecule has 0 amide bonds. The zero-order valence-electron chi connectivity index (χ0n) is 11.1. The van der Waals surface area contributed by atoms with E-state index in [4.69, 9.17) is 26.3 Å². The molecule has 0 unspecified atom stereocenters. The van der Waals surface area contributed by atoms with Crippen molar-refractivity contribution in [3.05, 3.63) is 64.2 Å². The van der Waals surface area contributed by atoms with Crippen LogP contribution in [0.4, 0.5) is 0 Å². The highest BCUT2D eigenvalue weighted by Crippen LogP contribution is 2.21. The molecule has 0 saturated carbocycles. The van der Waals surface area contributed by atoms with E-state index in [0.29, 0.717) is 23.8 Å². The second-order valence-corrected chi connectivity index (χ2v) is 4.70. The number of hydrogen-bond donors (Lipinski definition) is 0. The van der Waals surface area contributed by atoms with Crippen molar-refractivity contribution >= 4 is 11.6 Å². The molecule has 0 atom stereocenters. The monoisotopic (exact) mass is 287 g/mol. The number of rotatable bonds is 5. The predicted molar refractivity (Wildman–Crippen MR) is 77.7 cm³/mol. The molecule has 0 radical (unpaired) electrons. The summed E-state index contributed by atoms with van der Waals surface area (Å²) in [6.07, 6.45) is 0. The zero-order valence-corrected chi connectivity index (χ0v) is 11.9. The van der Waals surface area contributed by atoms with Gasteiger partial charge in [-0.3, -0.25) is 0 Å². The van der Waals surface area contributed by atoms with Gasteiger partial charge in [0.15, 0.2) is 0 Å². The molecule has 102 valence electrons. The molecule has 0 N–H and O–H groups in total. The highest BCUT2D eigenvalue weighted by Gasteiger charge is 2.05. The van der Waals surface area contributed by atoms with Crippen LogP contribution >= 0.6 is 11.6 Å². The summed E-state index contributed by atoms with van der Waals surface area (Å²) in [7, 11) is 1.60. The van der Waals surface area contributed by atoms with Gasteiger partial charge in [0, 0.05) is 10.6 Å². The number of methoxy groups -OCH3 is 1. The van der Waals surface area contributed by atoms with Gasteiger partial charge in [-0.2, -0.15) is 5.26 Å². The van der Waals surface area contributed by atoms with Crippen LogP contribution in [0.5, 0.6) is 5.75 Å². The largest absolute Gasteiger partial charge is 0.496 e. The fraction of sp³-hybridized carbons (Fsp3) is 0.188. The fourth-order valence-corrected chi connectivity index (χ4v) is 2.08. The summed E-state index contributed by atoms with van der Waals surface area (Å²) in [6, 6.07) is 14.9. The van der Waals surface area contributed by atoms with E-state index in [0.717, 1.165) is 16.9 Å². The molecule has 0 heterocycles. The number of halogens is 1. The van der Waals surface area contributed by atoms with Crippen LogP contribution in [0, 0.1) is 11.3 Å². The minimum Gasteiger partial charge on any atom is -0.496 e. The molecule has 0 spiro atoms. The van der Waals surface area contributed by atoms with Gasteiger partial charge in [-0.1, -0.05) is 23.7 Å². The van der Waals surface area contributed by atoms with E-state index in [1.54, 1.807) is 25.3 Å². The Bertz CT molecular complexity index is 635. The number of benzene rings is 2. The molecule has 3 nitrogen and oxygen atoms in total. The van der Waals surface area contributed by atoms with Gasteiger partial charge in [-0.25, -0.2) is 0 Å². The van der Waals surface area contributed by atoms with Crippen LogP contribution in [0.25, 0.3) is 0 Å². The lowest BCUT2D eigenvalue weighted by atomic mass is 10.1. The highest BCUT2D eigenvalue weighted by molar-refractivity contribution is 6.30. The van der Waals surface area contributed by atoms with E-state index in [1.807, 2.05) is 24.3 Å². The van der Waals surface area contributed by atoms with E-state index in [-0.39, 0.29) is 0 Å². The van der Waals surface area contributed by atoms with E-state index in [2.05, 4.69) is 6.07 Å². The summed E-state index contributed by atoms with van der Waals surface area (Å²) in [6.45, 7) is 0.839. The predicted octanol–water partition coefficient (Wildman–Crippen LogP) is 3.94. The molecule has 0 aliphatic rings. The summed E-state index contributed by atoms with van der Waals surface area (Å²) in [5.41, 5.74) is 2.45. The Balaban J connectivity index is 2.02. The third-order valence-electron chi connectivity index (χ3n) is 2.82. The first-order valence-electron chi connectivity index (χ1n) is 6.12. The van der Waals surface area contributed by atoms with Gasteiger partial charge in [-0.05, 0) is 35.9 Å². The van der Waals surface area contributed by atoms with Crippen molar-refractivity contribution in [2.45, 2.75) is 13.2 Å². The summed E-state index contributed by atoms with van der Waals surface area (Å²) in [5.74, 6) is 0.718. The van der Waals surface area contributed by atoms with Crippen LogP contribution in [0.3, 0.4) is 0 Å². The molecule has 0 saturated heterocycles. The molecule has 2 rings (SSSR count). The molecular formula is C16H14ClNO2. The van der Waals surface area contributed by atoms with Gasteiger partial charge in [0.2, 0.25) is 0 Å². The van der Waals surface area contributed by atoms with Crippen molar-refractivity contribution in [3.8, 4) is 11.8 Å². The summed E-state index contributed by atoms with van der Waals surface area (Å²) < 4.78 is 10.9. The fourth-order valence-electron chi connectivity index (χ4n) is 1.87. The van der Waals surface area contributed by atoms with Crippen molar-refractivity contribution < 1.29 is 9.47 Å². The van der Waals surface area contributed by atoms with E-state index in [9.17, 15) is 0 Å². The van der Waals surface area contributed by atoms with Crippen molar-refractivity contribution in [2.24, 2.45) is 0 Å². The first-order chi connectivity index (χ1) is 9.72.